The van der Waals surface area contributed by atoms with Crippen LogP contribution in [0, 0.1) is 6.92 Å². The van der Waals surface area contributed by atoms with Crippen molar-refractivity contribution in [1.29, 1.82) is 0 Å². The van der Waals surface area contributed by atoms with Crippen molar-refractivity contribution in [1.82, 2.24) is 5.32 Å². The Morgan fingerprint density at radius 2 is 2.03 bits per heavy atom. The lowest BCUT2D eigenvalue weighted by Crippen LogP contribution is -2.48. The van der Waals surface area contributed by atoms with E-state index in [9.17, 15) is 22.8 Å². The molecule has 0 aromatic heterocycles. The predicted octanol–water partition coefficient (Wildman–Crippen LogP) is 2.18. The molecule has 12 heteroatoms. The minimum absolute atomic E-state index is 0.0313. The number of ether oxygens (including phenoxy) is 2. The highest BCUT2D eigenvalue weighted by molar-refractivity contribution is 9.10. The molecular formula is C19H22BrF3N4O4. The van der Waals surface area contributed by atoms with Crippen LogP contribution in [0.25, 0.3) is 6.08 Å². The Balaban J connectivity index is 2.32. The Morgan fingerprint density at radius 3 is 2.61 bits per heavy atom. The number of nitrogens with zero attached hydrogens (tertiary/aromatic N) is 1. The molecular weight excluding hydrogens is 485 g/mol. The number of hydrogen-bond donors (Lipinski definition) is 3. The highest BCUT2D eigenvalue weighted by Crippen LogP contribution is 2.40. The van der Waals surface area contributed by atoms with Gasteiger partial charge in [0.05, 0.1) is 12.7 Å². The Labute approximate surface area is 185 Å². The molecule has 1 unspecified atom stereocenters. The monoisotopic (exact) mass is 506 g/mol. The van der Waals surface area contributed by atoms with E-state index in [0.717, 1.165) is 13.2 Å². The molecule has 2 rings (SSSR count). The maximum atomic E-state index is 13.7. The number of aliphatic imine (C=N–C) groups is 1. The molecule has 5 N–H and O–H groups in total. The van der Waals surface area contributed by atoms with E-state index in [2.05, 4.69) is 31.0 Å². The number of aryl methyl sites for hydroxylation is 1. The fourth-order valence-corrected chi connectivity index (χ4v) is 3.60. The molecule has 1 heterocycles. The molecule has 2 atom stereocenters. The second-order valence-corrected chi connectivity index (χ2v) is 7.69. The number of benzene rings is 1. The molecule has 1 aromatic rings. The topological polar surface area (TPSA) is 129 Å². The number of esters is 1. The summed E-state index contributed by atoms with van der Waals surface area (Å²) in [5, 5.41) is 2.30. The van der Waals surface area contributed by atoms with E-state index in [0.29, 0.717) is 15.6 Å². The quantitative estimate of drug-likeness (QED) is 0.225. The van der Waals surface area contributed by atoms with Gasteiger partial charge >= 0.3 is 12.1 Å². The van der Waals surface area contributed by atoms with Gasteiger partial charge in [-0.3, -0.25) is 9.79 Å². The zero-order valence-corrected chi connectivity index (χ0v) is 18.3. The van der Waals surface area contributed by atoms with Crippen LogP contribution in [0.15, 0.2) is 27.2 Å². The maximum absolute atomic E-state index is 13.7. The minimum Gasteiger partial charge on any atom is -0.475 e. The normalized spacial score (nSPS) is 16.3. The van der Waals surface area contributed by atoms with Crippen LogP contribution < -0.4 is 21.5 Å². The molecule has 1 aliphatic rings. The average Bonchev–Trinajstić information content (AvgIpc) is 2.67. The van der Waals surface area contributed by atoms with Crippen LogP contribution in [0.3, 0.4) is 0 Å². The van der Waals surface area contributed by atoms with E-state index < -0.39 is 35.8 Å². The summed E-state index contributed by atoms with van der Waals surface area (Å²) >= 11 is 3.27. The van der Waals surface area contributed by atoms with Crippen molar-refractivity contribution in [3.05, 3.63) is 33.3 Å². The van der Waals surface area contributed by atoms with Gasteiger partial charge in [0.2, 0.25) is 6.10 Å². The van der Waals surface area contributed by atoms with Gasteiger partial charge in [-0.2, -0.15) is 13.2 Å². The number of guanidine groups is 1. The van der Waals surface area contributed by atoms with Crippen molar-refractivity contribution < 1.29 is 32.2 Å². The Bertz CT molecular complexity index is 914. The lowest BCUT2D eigenvalue weighted by molar-refractivity contribution is -0.185. The highest BCUT2D eigenvalue weighted by Gasteiger charge is 2.48. The third-order valence-corrected chi connectivity index (χ3v) is 4.85. The summed E-state index contributed by atoms with van der Waals surface area (Å²) in [4.78, 5) is 28.5. The van der Waals surface area contributed by atoms with Crippen LogP contribution in [0.5, 0.6) is 5.75 Å². The molecule has 1 aromatic carbocycles. The number of carbonyl (C=O) groups is 2. The van der Waals surface area contributed by atoms with Gasteiger partial charge in [-0.1, -0.05) is 15.9 Å². The molecule has 1 amide bonds. The largest absolute Gasteiger partial charge is 0.475 e. The van der Waals surface area contributed by atoms with Gasteiger partial charge in [0.1, 0.15) is 11.8 Å². The Morgan fingerprint density at radius 1 is 1.35 bits per heavy atom. The van der Waals surface area contributed by atoms with E-state index in [4.69, 9.17) is 16.2 Å². The number of nitrogens with two attached hydrogens (primary N) is 2. The van der Waals surface area contributed by atoms with Crippen LogP contribution in [0.1, 0.15) is 24.0 Å². The Kier molecular flexibility index (Phi) is 7.93. The number of fused-ring (bicyclic) bond motifs is 1. The van der Waals surface area contributed by atoms with Gasteiger partial charge in [-0.25, -0.2) is 4.79 Å². The third kappa shape index (κ3) is 6.36. The van der Waals surface area contributed by atoms with Crippen molar-refractivity contribution in [3.8, 4) is 5.75 Å². The van der Waals surface area contributed by atoms with Crippen molar-refractivity contribution in [2.45, 2.75) is 38.1 Å². The fourth-order valence-electron chi connectivity index (χ4n) is 3.01. The second-order valence-electron chi connectivity index (χ2n) is 6.78. The third-order valence-electron chi connectivity index (χ3n) is 4.39. The summed E-state index contributed by atoms with van der Waals surface area (Å²) < 4.78 is 51.4. The summed E-state index contributed by atoms with van der Waals surface area (Å²) in [6.45, 7) is 1.77. The summed E-state index contributed by atoms with van der Waals surface area (Å²) in [6, 6.07) is 1.96. The molecule has 0 spiro atoms. The minimum atomic E-state index is -4.85. The first-order chi connectivity index (χ1) is 14.4. The first-order valence-electron chi connectivity index (χ1n) is 9.13. The first-order valence-corrected chi connectivity index (χ1v) is 9.92. The van der Waals surface area contributed by atoms with Gasteiger partial charge in [0.25, 0.3) is 5.91 Å². The lowest BCUT2D eigenvalue weighted by atomic mass is 9.98. The average molecular weight is 507 g/mol. The SMILES string of the molecule is COC(=O)C(CCCN=C(N)N)NC(=O)C1=Cc2cc(Br)cc(C)c2O[C@@H]1C(F)(F)F. The molecule has 0 bridgehead atoms. The van der Waals surface area contributed by atoms with E-state index in [1.165, 1.54) is 6.07 Å². The van der Waals surface area contributed by atoms with Gasteiger partial charge in [0.15, 0.2) is 5.96 Å². The summed E-state index contributed by atoms with van der Waals surface area (Å²) in [5.74, 6) is -2.01. The summed E-state index contributed by atoms with van der Waals surface area (Å²) in [6.07, 6.45) is -5.89. The van der Waals surface area contributed by atoms with Crippen LogP contribution in [0.2, 0.25) is 0 Å². The van der Waals surface area contributed by atoms with E-state index in [1.807, 2.05) is 0 Å². The summed E-state index contributed by atoms with van der Waals surface area (Å²) in [5.41, 5.74) is 10.6. The van der Waals surface area contributed by atoms with Crippen LogP contribution in [-0.2, 0) is 14.3 Å². The maximum Gasteiger partial charge on any atom is 0.429 e. The van der Waals surface area contributed by atoms with Crippen molar-refractivity contribution in [2.24, 2.45) is 16.5 Å². The zero-order chi connectivity index (χ0) is 23.3. The number of amides is 1. The molecule has 1 aliphatic heterocycles. The number of hydrogen-bond acceptors (Lipinski definition) is 5. The van der Waals surface area contributed by atoms with E-state index in [-0.39, 0.29) is 31.1 Å². The van der Waals surface area contributed by atoms with Crippen LogP contribution in [0.4, 0.5) is 13.2 Å². The zero-order valence-electron chi connectivity index (χ0n) is 16.8. The number of alkyl halides is 3. The molecule has 8 nitrogen and oxygen atoms in total. The first kappa shape index (κ1) is 24.5. The van der Waals surface area contributed by atoms with E-state index in [1.54, 1.807) is 13.0 Å². The summed E-state index contributed by atoms with van der Waals surface area (Å²) in [7, 11) is 1.11. The number of nitrogens with one attached hydrogen (secondary N) is 1. The predicted molar refractivity (Wildman–Crippen MR) is 111 cm³/mol. The fraction of sp³-hybridized carbons (Fsp3) is 0.421. The molecule has 31 heavy (non-hydrogen) atoms. The smallest absolute Gasteiger partial charge is 0.429 e. The standard InChI is InChI=1S/C19H22BrF3N4O4/c1-9-6-11(20)7-10-8-12(15(19(21,22)23)31-14(9)10)16(28)27-13(17(29)30-2)4-3-5-26-18(24)25/h6-8,13,15H,3-5H2,1-2H3,(H,27,28)(H4,24,25,26)/t13?,15-/m0/s1. The van der Waals surface area contributed by atoms with Gasteiger partial charge in [-0.15, -0.1) is 0 Å². The van der Waals surface area contributed by atoms with Gasteiger partial charge in [0, 0.05) is 16.6 Å². The number of rotatable bonds is 7. The van der Waals surface area contributed by atoms with E-state index >= 15 is 0 Å². The van der Waals surface area contributed by atoms with Crippen LogP contribution in [-0.4, -0.2) is 49.8 Å². The van der Waals surface area contributed by atoms with Gasteiger partial charge in [-0.05, 0) is 43.5 Å². The molecule has 0 fully saturated rings. The van der Waals surface area contributed by atoms with Crippen molar-refractivity contribution in [3.63, 3.8) is 0 Å². The molecule has 0 saturated heterocycles. The van der Waals surface area contributed by atoms with Gasteiger partial charge < -0.3 is 26.3 Å². The Hall–Kier alpha value is -2.76. The number of methoxy groups -OCH3 is 1. The van der Waals surface area contributed by atoms with Crippen molar-refractivity contribution in [2.75, 3.05) is 13.7 Å². The molecule has 0 radical (unpaired) electrons. The molecule has 0 saturated carbocycles. The second kappa shape index (κ2) is 10.0. The number of halogens is 4. The lowest BCUT2D eigenvalue weighted by Gasteiger charge is -2.30. The van der Waals surface area contributed by atoms with Crippen molar-refractivity contribution >= 4 is 39.8 Å². The highest BCUT2D eigenvalue weighted by atomic mass is 79.9. The number of carbonyl (C=O) groups excluding carboxylic acids is 2. The molecule has 0 aliphatic carbocycles. The molecule has 170 valence electrons. The van der Waals surface area contributed by atoms with Crippen LogP contribution >= 0.6 is 15.9 Å².